The second kappa shape index (κ2) is 11.0. The third-order valence-electron chi connectivity index (χ3n) is 4.61. The Morgan fingerprint density at radius 1 is 1.21 bits per heavy atom. The first kappa shape index (κ1) is 23.0. The van der Waals surface area contributed by atoms with E-state index in [2.05, 4.69) is 10.6 Å². The molecule has 0 aliphatic rings. The van der Waals surface area contributed by atoms with Crippen molar-refractivity contribution in [1.82, 2.24) is 10.6 Å². The van der Waals surface area contributed by atoms with Crippen molar-refractivity contribution in [2.45, 2.75) is 38.8 Å². The fraction of sp³-hybridized carbons (Fsp3) is 0.364. The molecule has 0 aromatic heterocycles. The molecule has 2 aromatic rings. The number of ketones is 1. The topological polar surface area (TPSA) is 84.2 Å². The van der Waals surface area contributed by atoms with Crippen LogP contribution in [0.15, 0.2) is 42.5 Å². The van der Waals surface area contributed by atoms with Crippen LogP contribution in [0, 0.1) is 5.82 Å². The molecule has 0 heterocycles. The van der Waals surface area contributed by atoms with E-state index >= 15 is 4.39 Å². The summed E-state index contributed by atoms with van der Waals surface area (Å²) in [5.41, 5.74) is 5.97. The van der Waals surface area contributed by atoms with Gasteiger partial charge in [-0.2, -0.15) is 0 Å². The van der Waals surface area contributed by atoms with E-state index in [0.717, 1.165) is 0 Å². The highest BCUT2D eigenvalue weighted by molar-refractivity contribution is 6.35. The normalized spacial score (nSPS) is 13.0. The van der Waals surface area contributed by atoms with Crippen LogP contribution in [0.3, 0.4) is 0 Å². The smallest absolute Gasteiger partial charge is 0.221 e. The highest BCUT2D eigenvalue weighted by Gasteiger charge is 2.25. The number of halogens is 2. The lowest BCUT2D eigenvalue weighted by Gasteiger charge is -2.24. The molecule has 5 nitrogen and oxygen atoms in total. The molecule has 0 aliphatic heterocycles. The maximum atomic E-state index is 15.3. The van der Waals surface area contributed by atoms with Crippen LogP contribution in [0.25, 0.3) is 0 Å². The number of carbonyl (C=O) groups excluding carboxylic acids is 2. The average Bonchev–Trinajstić information content (AvgIpc) is 2.71. The van der Waals surface area contributed by atoms with E-state index in [9.17, 15) is 9.59 Å². The van der Waals surface area contributed by atoms with Gasteiger partial charge < -0.3 is 16.4 Å². The summed E-state index contributed by atoms with van der Waals surface area (Å²) in [6, 6.07) is 11.0. The van der Waals surface area contributed by atoms with E-state index in [1.807, 2.05) is 13.8 Å². The summed E-state index contributed by atoms with van der Waals surface area (Å²) in [7, 11) is 0. The van der Waals surface area contributed by atoms with Crippen molar-refractivity contribution in [1.29, 1.82) is 0 Å². The molecule has 0 radical (unpaired) electrons. The van der Waals surface area contributed by atoms with Gasteiger partial charge in [-0.05, 0) is 19.4 Å². The van der Waals surface area contributed by atoms with Gasteiger partial charge in [0.05, 0.1) is 10.6 Å². The predicted molar refractivity (Wildman–Crippen MR) is 118 cm³/mol. The Bertz CT molecular complexity index is 856. The average molecular weight is 424 g/mol. The van der Waals surface area contributed by atoms with Gasteiger partial charge in [-0.15, -0.1) is 0 Å². The van der Waals surface area contributed by atoms with Gasteiger partial charge in [-0.1, -0.05) is 54.9 Å². The number of amides is 1. The van der Waals surface area contributed by atoms with Gasteiger partial charge in [0.15, 0.2) is 5.78 Å². The van der Waals surface area contributed by atoms with Crippen LogP contribution in [0.5, 0.6) is 0 Å². The molecule has 2 atom stereocenters. The molecule has 0 spiro atoms. The minimum absolute atomic E-state index is 0. The summed E-state index contributed by atoms with van der Waals surface area (Å²) in [5.74, 6) is -1.22. The van der Waals surface area contributed by atoms with Crippen molar-refractivity contribution >= 4 is 23.3 Å². The van der Waals surface area contributed by atoms with Crippen LogP contribution in [0.1, 0.15) is 57.1 Å². The van der Waals surface area contributed by atoms with Crippen molar-refractivity contribution in [3.63, 3.8) is 0 Å². The third-order valence-corrected chi connectivity index (χ3v) is 4.93. The van der Waals surface area contributed by atoms with Gasteiger partial charge in [0.25, 0.3) is 0 Å². The Morgan fingerprint density at radius 2 is 1.90 bits per heavy atom. The first-order valence-corrected chi connectivity index (χ1v) is 10.1. The summed E-state index contributed by atoms with van der Waals surface area (Å²) in [4.78, 5) is 24.7. The first-order chi connectivity index (χ1) is 13.9. The van der Waals surface area contributed by atoms with Crippen molar-refractivity contribution in [3.8, 4) is 0 Å². The number of carbonyl (C=O) groups is 2. The van der Waals surface area contributed by atoms with Crippen LogP contribution in [-0.2, 0) is 4.79 Å². The maximum absolute atomic E-state index is 15.3. The molecule has 0 unspecified atom stereocenters. The maximum Gasteiger partial charge on any atom is 0.221 e. The lowest BCUT2D eigenvalue weighted by atomic mass is 9.95. The summed E-state index contributed by atoms with van der Waals surface area (Å²) in [6.07, 6.45) is 0.813. The van der Waals surface area contributed by atoms with Crippen LogP contribution in [0.2, 0.25) is 5.02 Å². The van der Waals surface area contributed by atoms with Crippen LogP contribution in [-0.4, -0.2) is 30.8 Å². The van der Waals surface area contributed by atoms with Gasteiger partial charge in [-0.3, -0.25) is 9.59 Å². The highest BCUT2D eigenvalue weighted by atomic mass is 35.5. The molecule has 0 aliphatic carbocycles. The van der Waals surface area contributed by atoms with Crippen LogP contribution >= 0.6 is 11.6 Å². The molecular weight excluding hydrogens is 393 g/mol. The van der Waals surface area contributed by atoms with Gasteiger partial charge in [0, 0.05) is 45.6 Å². The Balaban J connectivity index is 0.00000450. The summed E-state index contributed by atoms with van der Waals surface area (Å²) in [5, 5.41) is 6.06. The van der Waals surface area contributed by atoms with E-state index in [1.165, 1.54) is 0 Å². The molecule has 0 saturated carbocycles. The quantitative estimate of drug-likeness (QED) is 0.502. The SMILES string of the molecule is CC[C@@H](N[C@H](C)CC(=O)NCCN)c1ccc(Cl)c(C(=O)c2ccccc2)c1F.[HH].[HH]. The zero-order valence-corrected chi connectivity index (χ0v) is 17.4. The van der Waals surface area contributed by atoms with Gasteiger partial charge in [0.1, 0.15) is 5.82 Å². The third kappa shape index (κ3) is 6.10. The summed E-state index contributed by atoms with van der Waals surface area (Å²) >= 11 is 6.17. The van der Waals surface area contributed by atoms with E-state index in [-0.39, 0.29) is 37.9 Å². The number of rotatable bonds is 10. The molecule has 2 aromatic carbocycles. The molecule has 160 valence electrons. The second-order valence-corrected chi connectivity index (χ2v) is 7.30. The lowest BCUT2D eigenvalue weighted by molar-refractivity contribution is -0.121. The van der Waals surface area contributed by atoms with Crippen LogP contribution < -0.4 is 16.4 Å². The van der Waals surface area contributed by atoms with Crippen LogP contribution in [0.4, 0.5) is 4.39 Å². The van der Waals surface area contributed by atoms with E-state index < -0.39 is 11.6 Å². The van der Waals surface area contributed by atoms with E-state index in [1.54, 1.807) is 42.5 Å². The van der Waals surface area contributed by atoms with Crippen molar-refractivity contribution in [2.24, 2.45) is 5.73 Å². The Kier molecular flexibility index (Phi) is 8.76. The van der Waals surface area contributed by atoms with Crippen molar-refractivity contribution in [2.75, 3.05) is 13.1 Å². The molecule has 0 bridgehead atoms. The Morgan fingerprint density at radius 3 is 2.52 bits per heavy atom. The van der Waals surface area contributed by atoms with Gasteiger partial charge in [-0.25, -0.2) is 4.39 Å². The van der Waals surface area contributed by atoms with E-state index in [0.29, 0.717) is 30.6 Å². The number of benzene rings is 2. The Labute approximate surface area is 178 Å². The zero-order valence-electron chi connectivity index (χ0n) is 16.7. The van der Waals surface area contributed by atoms with Gasteiger partial charge >= 0.3 is 0 Å². The number of hydrogen-bond acceptors (Lipinski definition) is 4. The lowest BCUT2D eigenvalue weighted by Crippen LogP contribution is -2.37. The fourth-order valence-electron chi connectivity index (χ4n) is 3.17. The largest absolute Gasteiger partial charge is 0.355 e. The minimum atomic E-state index is -0.634. The first-order valence-electron chi connectivity index (χ1n) is 9.69. The second-order valence-electron chi connectivity index (χ2n) is 6.89. The van der Waals surface area contributed by atoms with E-state index in [4.69, 9.17) is 17.3 Å². The molecule has 2 rings (SSSR count). The molecule has 1 amide bonds. The van der Waals surface area contributed by atoms with Crippen molar-refractivity contribution in [3.05, 3.63) is 70.0 Å². The number of nitrogens with one attached hydrogen (secondary N) is 2. The number of hydrogen-bond donors (Lipinski definition) is 3. The predicted octanol–water partition coefficient (Wildman–Crippen LogP) is 4.10. The van der Waals surface area contributed by atoms with Crippen molar-refractivity contribution < 1.29 is 16.8 Å². The monoisotopic (exact) mass is 423 g/mol. The summed E-state index contributed by atoms with van der Waals surface area (Å²) < 4.78 is 15.3. The van der Waals surface area contributed by atoms with Gasteiger partial charge in [0.2, 0.25) is 5.91 Å². The number of nitrogens with two attached hydrogens (primary N) is 1. The molecule has 7 heteroatoms. The molecule has 29 heavy (non-hydrogen) atoms. The minimum Gasteiger partial charge on any atom is -0.355 e. The molecule has 0 saturated heterocycles. The molecule has 0 fully saturated rings. The zero-order chi connectivity index (χ0) is 21.4. The standard InChI is InChI=1S/C22H27ClFN3O2.2H2/c1-3-18(27-14(2)13-19(28)26-12-11-25)16-9-10-17(23)20(21(16)24)22(29)15-7-5-4-6-8-15;;/h4-10,14,18,27H,3,11-13,25H2,1-2H3,(H,26,28);2*1H/t14-,18-;;/m1../s1. The highest BCUT2D eigenvalue weighted by Crippen LogP contribution is 2.30. The Hall–Kier alpha value is -2.28. The molecular formula is C22H31ClFN3O2. The fourth-order valence-corrected chi connectivity index (χ4v) is 3.40. The summed E-state index contributed by atoms with van der Waals surface area (Å²) in [6.45, 7) is 4.55. The molecule has 4 N–H and O–H groups in total.